The summed E-state index contributed by atoms with van der Waals surface area (Å²) >= 11 is 0. The summed E-state index contributed by atoms with van der Waals surface area (Å²) in [5.74, 6) is 0.486. The molecule has 0 bridgehead atoms. The lowest BCUT2D eigenvalue weighted by molar-refractivity contribution is 0.170. The second-order valence-electron chi connectivity index (χ2n) is 2.69. The van der Waals surface area contributed by atoms with Crippen LogP contribution in [-0.2, 0) is 4.74 Å². The summed E-state index contributed by atoms with van der Waals surface area (Å²) in [6.45, 7) is 1.22. The van der Waals surface area contributed by atoms with Gasteiger partial charge in [0.05, 0.1) is 18.2 Å². The minimum atomic E-state index is 0.486. The van der Waals surface area contributed by atoms with Crippen LogP contribution >= 0.6 is 0 Å². The van der Waals surface area contributed by atoms with Gasteiger partial charge in [-0.25, -0.2) is 4.98 Å². The van der Waals surface area contributed by atoms with Crippen molar-refractivity contribution in [3.05, 3.63) is 23.9 Å². The molecule has 0 amide bonds. The maximum absolute atomic E-state index is 8.62. The molecule has 1 rings (SSSR count). The first-order chi connectivity index (χ1) is 6.86. The van der Waals surface area contributed by atoms with E-state index in [0.717, 1.165) is 6.42 Å². The molecule has 0 aliphatic rings. The summed E-state index contributed by atoms with van der Waals surface area (Å²) in [7, 11) is 1.65. The van der Waals surface area contributed by atoms with Crippen molar-refractivity contribution in [2.45, 2.75) is 6.42 Å². The molecule has 0 fully saturated rings. The number of pyridine rings is 1. The van der Waals surface area contributed by atoms with Gasteiger partial charge in [0.1, 0.15) is 0 Å². The van der Waals surface area contributed by atoms with Gasteiger partial charge in [0.2, 0.25) is 5.88 Å². The Morgan fingerprint density at radius 3 is 3.07 bits per heavy atom. The summed E-state index contributed by atoms with van der Waals surface area (Å²) in [6, 6.07) is 5.28. The molecule has 0 aliphatic heterocycles. The molecule has 0 aliphatic carbocycles. The lowest BCUT2D eigenvalue weighted by atomic mass is 10.3. The number of rotatable bonds is 5. The molecule has 0 saturated heterocycles. The van der Waals surface area contributed by atoms with Crippen molar-refractivity contribution in [3.63, 3.8) is 0 Å². The van der Waals surface area contributed by atoms with Crippen LogP contribution in [0.15, 0.2) is 18.3 Å². The Hall–Kier alpha value is -1.60. The normalized spacial score (nSPS) is 9.43. The number of methoxy groups -OCH3 is 1. The standard InChI is InChI=1S/C10H12N2O2/c1-13-5-2-6-14-10-7-9(8-11)3-4-12-10/h3-4,7H,2,5-6H2,1H3. The zero-order valence-electron chi connectivity index (χ0n) is 8.06. The van der Waals surface area contributed by atoms with E-state index in [1.807, 2.05) is 6.07 Å². The Balaban J connectivity index is 2.39. The molecule has 0 spiro atoms. The van der Waals surface area contributed by atoms with Crippen molar-refractivity contribution in [2.24, 2.45) is 0 Å². The average molecular weight is 192 g/mol. The second kappa shape index (κ2) is 5.95. The SMILES string of the molecule is COCCCOc1cc(C#N)ccn1. The molecule has 0 radical (unpaired) electrons. The van der Waals surface area contributed by atoms with Gasteiger partial charge in [-0.1, -0.05) is 0 Å². The molecule has 1 aromatic rings. The Bertz CT molecular complexity index is 320. The quantitative estimate of drug-likeness (QED) is 0.661. The number of hydrogen-bond acceptors (Lipinski definition) is 4. The van der Waals surface area contributed by atoms with Crippen LogP contribution < -0.4 is 4.74 Å². The zero-order chi connectivity index (χ0) is 10.2. The summed E-state index contributed by atoms with van der Waals surface area (Å²) in [5.41, 5.74) is 0.557. The van der Waals surface area contributed by atoms with E-state index in [4.69, 9.17) is 14.7 Å². The number of ether oxygens (including phenoxy) is 2. The van der Waals surface area contributed by atoms with Gasteiger partial charge in [-0.15, -0.1) is 0 Å². The molecule has 14 heavy (non-hydrogen) atoms. The number of nitrogens with zero attached hydrogens (tertiary/aromatic N) is 2. The summed E-state index contributed by atoms with van der Waals surface area (Å²) in [5, 5.41) is 8.62. The molecule has 0 aromatic carbocycles. The molecule has 0 N–H and O–H groups in total. The van der Waals surface area contributed by atoms with Gasteiger partial charge < -0.3 is 9.47 Å². The van der Waals surface area contributed by atoms with Crippen molar-refractivity contribution >= 4 is 0 Å². The minimum absolute atomic E-state index is 0.486. The molecule has 74 valence electrons. The molecular weight excluding hydrogens is 180 g/mol. The smallest absolute Gasteiger partial charge is 0.214 e. The van der Waals surface area contributed by atoms with Crippen LogP contribution in [0.2, 0.25) is 0 Å². The van der Waals surface area contributed by atoms with Crippen LogP contribution in [0.5, 0.6) is 5.88 Å². The van der Waals surface area contributed by atoms with E-state index in [1.54, 1.807) is 25.4 Å². The van der Waals surface area contributed by atoms with Gasteiger partial charge >= 0.3 is 0 Å². The third kappa shape index (κ3) is 3.42. The van der Waals surface area contributed by atoms with E-state index in [1.165, 1.54) is 0 Å². The third-order valence-electron chi connectivity index (χ3n) is 1.61. The average Bonchev–Trinajstić information content (AvgIpc) is 2.25. The van der Waals surface area contributed by atoms with Gasteiger partial charge in [0.25, 0.3) is 0 Å². The summed E-state index contributed by atoms with van der Waals surface area (Å²) in [6.07, 6.45) is 2.37. The van der Waals surface area contributed by atoms with E-state index in [-0.39, 0.29) is 0 Å². The molecular formula is C10H12N2O2. The van der Waals surface area contributed by atoms with E-state index >= 15 is 0 Å². The van der Waals surface area contributed by atoms with Crippen LogP contribution in [0.3, 0.4) is 0 Å². The van der Waals surface area contributed by atoms with E-state index in [0.29, 0.717) is 24.7 Å². The van der Waals surface area contributed by atoms with Crippen LogP contribution in [0, 0.1) is 11.3 Å². The van der Waals surface area contributed by atoms with Gasteiger partial charge in [0.15, 0.2) is 0 Å². The predicted octanol–water partition coefficient (Wildman–Crippen LogP) is 1.37. The van der Waals surface area contributed by atoms with E-state index in [9.17, 15) is 0 Å². The Labute approximate surface area is 83.1 Å². The Morgan fingerprint density at radius 1 is 1.50 bits per heavy atom. The molecule has 4 heteroatoms. The predicted molar refractivity (Wildman–Crippen MR) is 50.9 cm³/mol. The summed E-state index contributed by atoms with van der Waals surface area (Å²) in [4.78, 5) is 3.97. The number of nitriles is 1. The van der Waals surface area contributed by atoms with Crippen LogP contribution in [0.4, 0.5) is 0 Å². The van der Waals surface area contributed by atoms with Crippen molar-refractivity contribution < 1.29 is 9.47 Å². The van der Waals surface area contributed by atoms with Gasteiger partial charge in [-0.05, 0) is 6.07 Å². The van der Waals surface area contributed by atoms with Crippen molar-refractivity contribution in [1.29, 1.82) is 5.26 Å². The maximum Gasteiger partial charge on any atom is 0.214 e. The number of aromatic nitrogens is 1. The first-order valence-electron chi connectivity index (χ1n) is 4.34. The minimum Gasteiger partial charge on any atom is -0.478 e. The highest BCUT2D eigenvalue weighted by molar-refractivity contribution is 5.31. The fourth-order valence-corrected chi connectivity index (χ4v) is 0.938. The zero-order valence-corrected chi connectivity index (χ0v) is 8.06. The van der Waals surface area contributed by atoms with Crippen molar-refractivity contribution in [2.75, 3.05) is 20.3 Å². The Kier molecular flexibility index (Phi) is 4.45. The van der Waals surface area contributed by atoms with Crippen molar-refractivity contribution in [3.8, 4) is 11.9 Å². The first kappa shape index (κ1) is 10.5. The molecule has 1 aromatic heterocycles. The largest absolute Gasteiger partial charge is 0.478 e. The topological polar surface area (TPSA) is 55.1 Å². The maximum atomic E-state index is 8.62. The lowest BCUT2D eigenvalue weighted by Gasteiger charge is -2.03. The molecule has 4 nitrogen and oxygen atoms in total. The van der Waals surface area contributed by atoms with Crippen LogP contribution in [-0.4, -0.2) is 25.3 Å². The van der Waals surface area contributed by atoms with Gasteiger partial charge in [0, 0.05) is 32.4 Å². The third-order valence-corrected chi connectivity index (χ3v) is 1.61. The molecule has 0 atom stereocenters. The van der Waals surface area contributed by atoms with Crippen LogP contribution in [0.25, 0.3) is 0 Å². The van der Waals surface area contributed by atoms with Crippen LogP contribution in [0.1, 0.15) is 12.0 Å². The first-order valence-corrected chi connectivity index (χ1v) is 4.34. The highest BCUT2D eigenvalue weighted by atomic mass is 16.5. The number of hydrogen-bond donors (Lipinski definition) is 0. The van der Waals surface area contributed by atoms with Crippen molar-refractivity contribution in [1.82, 2.24) is 4.98 Å². The van der Waals surface area contributed by atoms with E-state index in [2.05, 4.69) is 4.98 Å². The highest BCUT2D eigenvalue weighted by Gasteiger charge is 1.96. The monoisotopic (exact) mass is 192 g/mol. The van der Waals surface area contributed by atoms with Gasteiger partial charge in [-0.2, -0.15) is 5.26 Å². The highest BCUT2D eigenvalue weighted by Crippen LogP contribution is 2.08. The second-order valence-corrected chi connectivity index (χ2v) is 2.69. The fourth-order valence-electron chi connectivity index (χ4n) is 0.938. The fraction of sp³-hybridized carbons (Fsp3) is 0.400. The lowest BCUT2D eigenvalue weighted by Crippen LogP contribution is -2.02. The summed E-state index contributed by atoms with van der Waals surface area (Å²) < 4.78 is 10.2. The Morgan fingerprint density at radius 2 is 2.36 bits per heavy atom. The molecule has 1 heterocycles. The molecule has 0 saturated carbocycles. The molecule has 0 unspecified atom stereocenters. The van der Waals surface area contributed by atoms with E-state index < -0.39 is 0 Å². The van der Waals surface area contributed by atoms with Gasteiger partial charge in [-0.3, -0.25) is 0 Å².